The van der Waals surface area contributed by atoms with Crippen LogP contribution < -0.4 is 5.73 Å². The predicted molar refractivity (Wildman–Crippen MR) is 71.3 cm³/mol. The Hall–Kier alpha value is -1.42. The molecule has 0 spiro atoms. The van der Waals surface area contributed by atoms with Crippen molar-refractivity contribution in [1.29, 1.82) is 0 Å². The molecule has 98 valence electrons. The van der Waals surface area contributed by atoms with Crippen molar-refractivity contribution in [3.8, 4) is 0 Å². The van der Waals surface area contributed by atoms with E-state index in [9.17, 15) is 4.79 Å². The Bertz CT molecular complexity index is 419. The van der Waals surface area contributed by atoms with Gasteiger partial charge in [-0.05, 0) is 31.9 Å². The maximum atomic E-state index is 12.6. The van der Waals surface area contributed by atoms with E-state index in [4.69, 9.17) is 5.73 Å². The molecule has 1 aliphatic rings. The summed E-state index contributed by atoms with van der Waals surface area (Å²) in [4.78, 5) is 18.7. The highest BCUT2D eigenvalue weighted by atomic mass is 16.2. The zero-order valence-electron chi connectivity index (χ0n) is 10.9. The first kappa shape index (κ1) is 13.0. The second kappa shape index (κ2) is 5.96. The smallest absolute Gasteiger partial charge is 0.255 e. The third-order valence-electron chi connectivity index (χ3n) is 3.65. The minimum Gasteiger partial charge on any atom is -0.334 e. The van der Waals surface area contributed by atoms with Gasteiger partial charge in [0.2, 0.25) is 0 Å². The second-order valence-electron chi connectivity index (χ2n) is 4.87. The number of rotatable bonds is 2. The van der Waals surface area contributed by atoms with Gasteiger partial charge in [-0.2, -0.15) is 0 Å². The van der Waals surface area contributed by atoms with E-state index in [-0.39, 0.29) is 11.9 Å². The highest BCUT2D eigenvalue weighted by Gasteiger charge is 2.26. The lowest BCUT2D eigenvalue weighted by atomic mass is 10.1. The van der Waals surface area contributed by atoms with Crippen LogP contribution in [0.4, 0.5) is 0 Å². The number of pyridine rings is 1. The number of nitrogens with two attached hydrogens (primary N) is 1. The summed E-state index contributed by atoms with van der Waals surface area (Å²) in [6.07, 6.45) is 6.15. The fourth-order valence-corrected chi connectivity index (χ4v) is 2.55. The molecule has 0 aliphatic carbocycles. The Balaban J connectivity index is 2.23. The zero-order valence-corrected chi connectivity index (χ0v) is 10.9. The molecule has 2 N–H and O–H groups in total. The lowest BCUT2D eigenvalue weighted by Crippen LogP contribution is -2.44. The van der Waals surface area contributed by atoms with Crippen LogP contribution >= 0.6 is 0 Å². The third kappa shape index (κ3) is 2.70. The van der Waals surface area contributed by atoms with Gasteiger partial charge in [-0.25, -0.2) is 0 Å². The monoisotopic (exact) mass is 247 g/mol. The van der Waals surface area contributed by atoms with E-state index in [1.807, 2.05) is 24.0 Å². The summed E-state index contributed by atoms with van der Waals surface area (Å²) in [7, 11) is 0. The molecule has 1 atom stereocenters. The number of aromatic nitrogens is 1. The fraction of sp³-hybridized carbons (Fsp3) is 0.571. The Morgan fingerprint density at radius 1 is 1.50 bits per heavy atom. The van der Waals surface area contributed by atoms with Crippen molar-refractivity contribution in [3.63, 3.8) is 0 Å². The quantitative estimate of drug-likeness (QED) is 0.866. The molecular weight excluding hydrogens is 226 g/mol. The average Bonchev–Trinajstić information content (AvgIpc) is 2.63. The van der Waals surface area contributed by atoms with Crippen LogP contribution in [0.2, 0.25) is 0 Å². The van der Waals surface area contributed by atoms with E-state index < -0.39 is 0 Å². The number of aryl methyl sites for hydroxylation is 1. The normalized spacial score (nSPS) is 20.6. The summed E-state index contributed by atoms with van der Waals surface area (Å²) >= 11 is 0. The lowest BCUT2D eigenvalue weighted by molar-refractivity contribution is 0.0688. The minimum atomic E-state index is 0.0814. The highest BCUT2D eigenvalue weighted by molar-refractivity contribution is 5.95. The number of nitrogens with zero attached hydrogens (tertiary/aromatic N) is 2. The Morgan fingerprint density at radius 2 is 2.33 bits per heavy atom. The van der Waals surface area contributed by atoms with Gasteiger partial charge in [0.25, 0.3) is 5.91 Å². The van der Waals surface area contributed by atoms with Crippen LogP contribution in [-0.2, 0) is 0 Å². The molecule has 0 aromatic carbocycles. The molecule has 1 fully saturated rings. The molecule has 0 saturated carbocycles. The second-order valence-corrected chi connectivity index (χ2v) is 4.87. The van der Waals surface area contributed by atoms with Crippen LogP contribution in [0.25, 0.3) is 0 Å². The van der Waals surface area contributed by atoms with E-state index in [1.54, 1.807) is 6.20 Å². The van der Waals surface area contributed by atoms with Crippen molar-refractivity contribution < 1.29 is 4.79 Å². The molecule has 4 nitrogen and oxygen atoms in total. The largest absolute Gasteiger partial charge is 0.334 e. The van der Waals surface area contributed by atoms with Gasteiger partial charge in [0.1, 0.15) is 0 Å². The molecule has 0 radical (unpaired) electrons. The van der Waals surface area contributed by atoms with Crippen LogP contribution in [0.5, 0.6) is 0 Å². The molecule has 1 saturated heterocycles. The van der Waals surface area contributed by atoms with Crippen molar-refractivity contribution in [2.45, 2.75) is 38.6 Å². The first-order valence-corrected chi connectivity index (χ1v) is 6.66. The molecule has 1 unspecified atom stereocenters. The number of carbonyl (C=O) groups is 1. The molecule has 1 aromatic rings. The number of carbonyl (C=O) groups excluding carboxylic acids is 1. The van der Waals surface area contributed by atoms with E-state index in [0.29, 0.717) is 12.1 Å². The van der Waals surface area contributed by atoms with Crippen molar-refractivity contribution in [2.24, 2.45) is 5.73 Å². The highest BCUT2D eigenvalue weighted by Crippen LogP contribution is 2.19. The van der Waals surface area contributed by atoms with Crippen LogP contribution in [0, 0.1) is 6.92 Å². The maximum Gasteiger partial charge on any atom is 0.255 e. The first-order valence-electron chi connectivity index (χ1n) is 6.66. The molecule has 1 aliphatic heterocycles. The van der Waals surface area contributed by atoms with Crippen LogP contribution in [-0.4, -0.2) is 34.9 Å². The van der Waals surface area contributed by atoms with Crippen molar-refractivity contribution in [3.05, 3.63) is 29.6 Å². The molecule has 18 heavy (non-hydrogen) atoms. The standard InChI is InChI=1S/C14H21N3O/c1-11-13(7-5-8-16-11)14(18)17-9-4-2-3-6-12(17)10-15/h5,7-8,12H,2-4,6,9-10,15H2,1H3. The number of likely N-dealkylation sites (tertiary alicyclic amines) is 1. The van der Waals surface area contributed by atoms with Crippen molar-refractivity contribution in [1.82, 2.24) is 9.88 Å². The van der Waals surface area contributed by atoms with Gasteiger partial charge in [0, 0.05) is 31.0 Å². The zero-order chi connectivity index (χ0) is 13.0. The summed E-state index contributed by atoms with van der Waals surface area (Å²) in [6, 6.07) is 3.85. The molecule has 4 heteroatoms. The SMILES string of the molecule is Cc1ncccc1C(=O)N1CCCCCC1CN. The van der Waals surface area contributed by atoms with Gasteiger partial charge in [-0.3, -0.25) is 9.78 Å². The Kier molecular flexibility index (Phi) is 4.31. The van der Waals surface area contributed by atoms with Crippen LogP contribution in [0.15, 0.2) is 18.3 Å². The fourth-order valence-electron chi connectivity index (χ4n) is 2.55. The molecule has 2 rings (SSSR count). The molecule has 1 amide bonds. The van der Waals surface area contributed by atoms with Gasteiger partial charge in [0.15, 0.2) is 0 Å². The van der Waals surface area contributed by atoms with Crippen LogP contribution in [0.1, 0.15) is 41.7 Å². The van der Waals surface area contributed by atoms with Gasteiger partial charge < -0.3 is 10.6 Å². The van der Waals surface area contributed by atoms with E-state index in [2.05, 4.69) is 4.98 Å². The first-order chi connectivity index (χ1) is 8.74. The van der Waals surface area contributed by atoms with Crippen molar-refractivity contribution >= 4 is 5.91 Å². The Morgan fingerprint density at radius 3 is 3.06 bits per heavy atom. The summed E-state index contributed by atoms with van der Waals surface area (Å²) in [5.74, 6) is 0.0814. The van der Waals surface area contributed by atoms with Gasteiger partial charge in [-0.1, -0.05) is 12.8 Å². The summed E-state index contributed by atoms with van der Waals surface area (Å²) in [5, 5.41) is 0. The van der Waals surface area contributed by atoms with E-state index in [1.165, 1.54) is 6.42 Å². The topological polar surface area (TPSA) is 59.2 Å². The van der Waals surface area contributed by atoms with Crippen LogP contribution in [0.3, 0.4) is 0 Å². The summed E-state index contributed by atoms with van der Waals surface area (Å²) in [6.45, 7) is 3.24. The molecule has 2 heterocycles. The number of amides is 1. The lowest BCUT2D eigenvalue weighted by Gasteiger charge is -2.29. The number of hydrogen-bond donors (Lipinski definition) is 1. The predicted octanol–water partition coefficient (Wildman–Crippen LogP) is 1.73. The average molecular weight is 247 g/mol. The molecular formula is C14H21N3O. The van der Waals surface area contributed by atoms with E-state index in [0.717, 1.165) is 31.5 Å². The molecule has 0 bridgehead atoms. The van der Waals surface area contributed by atoms with Gasteiger partial charge >= 0.3 is 0 Å². The number of hydrogen-bond acceptors (Lipinski definition) is 3. The van der Waals surface area contributed by atoms with Gasteiger partial charge in [0.05, 0.1) is 5.56 Å². The Labute approximate surface area is 108 Å². The minimum absolute atomic E-state index is 0.0814. The van der Waals surface area contributed by atoms with E-state index >= 15 is 0 Å². The summed E-state index contributed by atoms with van der Waals surface area (Å²) in [5.41, 5.74) is 7.31. The third-order valence-corrected chi connectivity index (χ3v) is 3.65. The molecule has 1 aromatic heterocycles. The maximum absolute atomic E-state index is 12.6. The summed E-state index contributed by atoms with van der Waals surface area (Å²) < 4.78 is 0. The van der Waals surface area contributed by atoms with Crippen molar-refractivity contribution in [2.75, 3.05) is 13.1 Å². The van der Waals surface area contributed by atoms with Gasteiger partial charge in [-0.15, -0.1) is 0 Å².